The Morgan fingerprint density at radius 3 is 2.36 bits per heavy atom. The summed E-state index contributed by atoms with van der Waals surface area (Å²) in [6.45, 7) is 8.19. The largest absolute Gasteiger partial charge is 0.465 e. The maximum atomic E-state index is 12.1. The first-order valence-corrected chi connectivity index (χ1v) is 8.87. The predicted octanol–water partition coefficient (Wildman–Crippen LogP) is 5.02. The minimum Gasteiger partial charge on any atom is -0.465 e. The van der Waals surface area contributed by atoms with Gasteiger partial charge >= 0.3 is 5.97 Å². The van der Waals surface area contributed by atoms with Gasteiger partial charge in [0, 0.05) is 18.8 Å². The van der Waals surface area contributed by atoms with Crippen molar-refractivity contribution in [2.75, 3.05) is 7.11 Å². The van der Waals surface area contributed by atoms with Crippen LogP contribution in [0.5, 0.6) is 0 Å². The number of carbonyl (C=O) groups is 1. The van der Waals surface area contributed by atoms with Crippen LogP contribution < -0.4 is 0 Å². The van der Waals surface area contributed by atoms with Crippen LogP contribution in [0.2, 0.25) is 0 Å². The highest BCUT2D eigenvalue weighted by atomic mass is 79.9. The Bertz CT molecular complexity index is 1020. The third-order valence-corrected chi connectivity index (χ3v) is 5.52. The molecule has 0 saturated carbocycles. The minimum atomic E-state index is -0.385. The normalized spacial score (nSPS) is 11.2. The molecule has 2 aromatic heterocycles. The summed E-state index contributed by atoms with van der Waals surface area (Å²) in [7, 11) is 3.35. The molecule has 4 nitrogen and oxygen atoms in total. The van der Waals surface area contributed by atoms with Crippen LogP contribution in [-0.4, -0.2) is 22.6 Å². The molecule has 0 spiro atoms. The van der Waals surface area contributed by atoms with Crippen LogP contribution in [-0.2, 0) is 11.8 Å². The summed E-state index contributed by atoms with van der Waals surface area (Å²) in [6.07, 6.45) is 2.07. The van der Waals surface area contributed by atoms with Gasteiger partial charge in [-0.2, -0.15) is 0 Å². The Labute approximate surface area is 156 Å². The molecule has 5 heteroatoms. The molecule has 0 atom stereocenters. The van der Waals surface area contributed by atoms with Crippen LogP contribution in [0, 0.1) is 27.7 Å². The first-order chi connectivity index (χ1) is 11.8. The second-order valence-corrected chi connectivity index (χ2v) is 7.27. The molecular formula is C20H21BrN2O2. The Kier molecular flexibility index (Phi) is 4.45. The van der Waals surface area contributed by atoms with Crippen molar-refractivity contribution in [1.82, 2.24) is 9.55 Å². The van der Waals surface area contributed by atoms with E-state index in [2.05, 4.69) is 55.0 Å². The number of ether oxygens (including phenoxy) is 1. The van der Waals surface area contributed by atoms with E-state index < -0.39 is 0 Å². The van der Waals surface area contributed by atoms with Gasteiger partial charge in [-0.05, 0) is 65.9 Å². The molecule has 0 radical (unpaired) electrons. The number of carbonyl (C=O) groups excluding carboxylic acids is 1. The van der Waals surface area contributed by atoms with Crippen molar-refractivity contribution in [1.29, 1.82) is 0 Å². The maximum absolute atomic E-state index is 12.1. The van der Waals surface area contributed by atoms with Gasteiger partial charge in [0.15, 0.2) is 0 Å². The number of esters is 1. The van der Waals surface area contributed by atoms with E-state index in [1.165, 1.54) is 29.4 Å². The SMILES string of the molecule is COC(=O)c1c(C)nc2c(-c3cc(C)c(C)cc3C)cn(C)c2c1Br. The van der Waals surface area contributed by atoms with E-state index in [1.807, 2.05) is 18.5 Å². The molecule has 0 unspecified atom stereocenters. The van der Waals surface area contributed by atoms with E-state index in [1.54, 1.807) is 0 Å². The number of fused-ring (bicyclic) bond motifs is 1. The van der Waals surface area contributed by atoms with Gasteiger partial charge in [0.05, 0.1) is 33.9 Å². The molecule has 0 N–H and O–H groups in total. The van der Waals surface area contributed by atoms with Crippen molar-refractivity contribution in [3.05, 3.63) is 50.8 Å². The molecule has 0 bridgehead atoms. The number of pyridine rings is 1. The van der Waals surface area contributed by atoms with Gasteiger partial charge in [-0.3, -0.25) is 0 Å². The number of hydrogen-bond donors (Lipinski definition) is 0. The second kappa shape index (κ2) is 6.30. The summed E-state index contributed by atoms with van der Waals surface area (Å²) in [5.74, 6) is -0.385. The topological polar surface area (TPSA) is 44.1 Å². The first-order valence-electron chi connectivity index (χ1n) is 8.08. The molecule has 25 heavy (non-hydrogen) atoms. The third-order valence-electron chi connectivity index (χ3n) is 4.74. The van der Waals surface area contributed by atoms with Crippen LogP contribution in [0.4, 0.5) is 0 Å². The van der Waals surface area contributed by atoms with Crippen LogP contribution in [0.1, 0.15) is 32.7 Å². The number of methoxy groups -OCH3 is 1. The molecule has 0 saturated heterocycles. The summed E-state index contributed by atoms with van der Waals surface area (Å²) in [4.78, 5) is 16.9. The highest BCUT2D eigenvalue weighted by Crippen LogP contribution is 2.37. The zero-order valence-electron chi connectivity index (χ0n) is 15.3. The average Bonchev–Trinajstić information content (AvgIpc) is 2.87. The Balaban J connectivity index is 2.37. The molecule has 2 heterocycles. The molecule has 0 aliphatic heterocycles. The fourth-order valence-electron chi connectivity index (χ4n) is 3.27. The smallest absolute Gasteiger partial charge is 0.340 e. The summed E-state index contributed by atoms with van der Waals surface area (Å²) >= 11 is 3.59. The predicted molar refractivity (Wildman–Crippen MR) is 104 cm³/mol. The molecule has 0 aliphatic rings. The summed E-state index contributed by atoms with van der Waals surface area (Å²) < 4.78 is 7.63. The summed E-state index contributed by atoms with van der Waals surface area (Å²) in [5.41, 5.74) is 8.86. The van der Waals surface area contributed by atoms with E-state index in [0.29, 0.717) is 11.3 Å². The van der Waals surface area contributed by atoms with E-state index in [4.69, 9.17) is 9.72 Å². The van der Waals surface area contributed by atoms with Crippen molar-refractivity contribution in [3.63, 3.8) is 0 Å². The lowest BCUT2D eigenvalue weighted by Gasteiger charge is -2.11. The van der Waals surface area contributed by atoms with Crippen LogP contribution >= 0.6 is 15.9 Å². The van der Waals surface area contributed by atoms with Crippen molar-refractivity contribution >= 4 is 32.9 Å². The Hall–Kier alpha value is -2.14. The van der Waals surface area contributed by atoms with Gasteiger partial charge in [0.2, 0.25) is 0 Å². The average molecular weight is 401 g/mol. The van der Waals surface area contributed by atoms with E-state index in [9.17, 15) is 4.79 Å². The summed E-state index contributed by atoms with van der Waals surface area (Å²) in [6, 6.07) is 4.41. The number of aryl methyl sites for hydroxylation is 5. The number of halogens is 1. The lowest BCUT2D eigenvalue weighted by atomic mass is 9.96. The highest BCUT2D eigenvalue weighted by Gasteiger charge is 2.23. The molecule has 0 aliphatic carbocycles. The zero-order chi connectivity index (χ0) is 18.5. The van der Waals surface area contributed by atoms with Crippen LogP contribution in [0.25, 0.3) is 22.2 Å². The van der Waals surface area contributed by atoms with Gasteiger partial charge in [0.25, 0.3) is 0 Å². The number of rotatable bonds is 2. The van der Waals surface area contributed by atoms with Crippen molar-refractivity contribution in [2.45, 2.75) is 27.7 Å². The van der Waals surface area contributed by atoms with Crippen molar-refractivity contribution in [2.24, 2.45) is 7.05 Å². The Morgan fingerprint density at radius 1 is 1.08 bits per heavy atom. The van der Waals surface area contributed by atoms with E-state index in [0.717, 1.165) is 21.1 Å². The van der Waals surface area contributed by atoms with E-state index >= 15 is 0 Å². The number of nitrogens with zero attached hydrogens (tertiary/aromatic N) is 2. The molecule has 3 rings (SSSR count). The van der Waals surface area contributed by atoms with Gasteiger partial charge < -0.3 is 9.30 Å². The molecule has 130 valence electrons. The fourth-order valence-corrected chi connectivity index (χ4v) is 4.19. The standard InChI is InChI=1S/C20H21BrN2O2/c1-10-7-12(3)14(8-11(10)2)15-9-23(5)19-17(21)16(20(24)25-6)13(4)22-18(15)19/h7-9H,1-6H3. The Morgan fingerprint density at radius 2 is 1.72 bits per heavy atom. The first kappa shape index (κ1) is 17.7. The molecular weight excluding hydrogens is 380 g/mol. The van der Waals surface area contributed by atoms with Crippen molar-refractivity contribution < 1.29 is 9.53 Å². The number of benzene rings is 1. The highest BCUT2D eigenvalue weighted by molar-refractivity contribution is 9.10. The lowest BCUT2D eigenvalue weighted by Crippen LogP contribution is -2.07. The molecule has 3 aromatic rings. The van der Waals surface area contributed by atoms with E-state index in [-0.39, 0.29) is 5.97 Å². The van der Waals surface area contributed by atoms with Crippen LogP contribution in [0.3, 0.4) is 0 Å². The van der Waals surface area contributed by atoms with Gasteiger partial charge in [-0.1, -0.05) is 12.1 Å². The van der Waals surface area contributed by atoms with Gasteiger partial charge in [0.1, 0.15) is 0 Å². The van der Waals surface area contributed by atoms with Crippen LogP contribution in [0.15, 0.2) is 22.8 Å². The monoisotopic (exact) mass is 400 g/mol. The lowest BCUT2D eigenvalue weighted by molar-refractivity contribution is 0.0598. The van der Waals surface area contributed by atoms with Gasteiger partial charge in [-0.25, -0.2) is 9.78 Å². The maximum Gasteiger partial charge on any atom is 0.340 e. The molecule has 1 aromatic carbocycles. The second-order valence-electron chi connectivity index (χ2n) is 6.48. The van der Waals surface area contributed by atoms with Crippen molar-refractivity contribution in [3.8, 4) is 11.1 Å². The third kappa shape index (κ3) is 2.76. The molecule has 0 fully saturated rings. The fraction of sp³-hybridized carbons (Fsp3) is 0.300. The minimum absolute atomic E-state index is 0.385. The quantitative estimate of drug-likeness (QED) is 0.567. The zero-order valence-corrected chi connectivity index (χ0v) is 16.9. The number of aromatic nitrogens is 2. The summed E-state index contributed by atoms with van der Waals surface area (Å²) in [5, 5.41) is 0. The number of hydrogen-bond acceptors (Lipinski definition) is 3. The van der Waals surface area contributed by atoms with Gasteiger partial charge in [-0.15, -0.1) is 0 Å². The molecule has 0 amide bonds.